The summed E-state index contributed by atoms with van der Waals surface area (Å²) in [5, 5.41) is 0. The first-order chi connectivity index (χ1) is 11.2. The van der Waals surface area contributed by atoms with Gasteiger partial charge in [-0.05, 0) is 18.6 Å². The lowest BCUT2D eigenvalue weighted by Gasteiger charge is -2.33. The van der Waals surface area contributed by atoms with Crippen molar-refractivity contribution in [3.05, 3.63) is 59.3 Å². The van der Waals surface area contributed by atoms with Crippen molar-refractivity contribution in [2.75, 3.05) is 31.1 Å². The third-order valence-corrected chi connectivity index (χ3v) is 4.16. The second-order valence-electron chi connectivity index (χ2n) is 5.68. The number of aryl methyl sites for hydroxylation is 1. The van der Waals surface area contributed by atoms with E-state index in [1.807, 2.05) is 43.3 Å². The van der Waals surface area contributed by atoms with Gasteiger partial charge in [0, 0.05) is 43.5 Å². The highest BCUT2D eigenvalue weighted by Gasteiger charge is 2.18. The van der Waals surface area contributed by atoms with E-state index >= 15 is 0 Å². The van der Waals surface area contributed by atoms with Gasteiger partial charge in [0.25, 0.3) is 0 Å². The molecule has 1 aromatic heterocycles. The molecule has 0 spiro atoms. The molecule has 0 N–H and O–H groups in total. The smallest absolute Gasteiger partial charge is 0.209 e. The molecule has 3 rings (SSSR count). The van der Waals surface area contributed by atoms with Gasteiger partial charge in [0.15, 0.2) is 5.78 Å². The summed E-state index contributed by atoms with van der Waals surface area (Å²) in [7, 11) is 0. The highest BCUT2D eigenvalue weighted by molar-refractivity contribution is 6.09. The summed E-state index contributed by atoms with van der Waals surface area (Å²) in [6, 6.07) is 11.2. The third kappa shape index (κ3) is 3.23. The largest absolute Gasteiger partial charge is 0.353 e. The Balaban J connectivity index is 1.79. The SMILES string of the molecule is Cc1cc(N2CCN(C=O)CC2)ncc1C(=O)c1ccccc1. The first-order valence-electron chi connectivity index (χ1n) is 7.70. The molecule has 1 aliphatic rings. The van der Waals surface area contributed by atoms with Gasteiger partial charge in [-0.3, -0.25) is 9.59 Å². The Kier molecular flexibility index (Phi) is 4.37. The predicted octanol–water partition coefficient (Wildman–Crippen LogP) is 1.90. The molecule has 118 valence electrons. The molecule has 0 unspecified atom stereocenters. The topological polar surface area (TPSA) is 53.5 Å². The Labute approximate surface area is 135 Å². The molecule has 1 aliphatic heterocycles. The minimum atomic E-state index is -0.00655. The summed E-state index contributed by atoms with van der Waals surface area (Å²) < 4.78 is 0. The van der Waals surface area contributed by atoms with Crippen LogP contribution in [-0.4, -0.2) is 48.3 Å². The van der Waals surface area contributed by atoms with Crippen molar-refractivity contribution in [3.63, 3.8) is 0 Å². The highest BCUT2D eigenvalue weighted by Crippen LogP contribution is 2.19. The minimum absolute atomic E-state index is 0.00655. The number of carbonyl (C=O) groups excluding carboxylic acids is 2. The van der Waals surface area contributed by atoms with E-state index in [-0.39, 0.29) is 5.78 Å². The molecule has 2 heterocycles. The molecular formula is C18H19N3O2. The maximum Gasteiger partial charge on any atom is 0.209 e. The number of piperazine rings is 1. The van der Waals surface area contributed by atoms with E-state index in [2.05, 4.69) is 9.88 Å². The normalized spacial score (nSPS) is 14.7. The molecule has 1 fully saturated rings. The molecule has 5 heteroatoms. The van der Waals surface area contributed by atoms with E-state index in [1.54, 1.807) is 11.1 Å². The van der Waals surface area contributed by atoms with E-state index < -0.39 is 0 Å². The van der Waals surface area contributed by atoms with Crippen molar-refractivity contribution in [2.24, 2.45) is 0 Å². The molecule has 0 atom stereocenters. The van der Waals surface area contributed by atoms with Crippen LogP contribution in [-0.2, 0) is 4.79 Å². The van der Waals surface area contributed by atoms with Crippen LogP contribution >= 0.6 is 0 Å². The third-order valence-electron chi connectivity index (χ3n) is 4.16. The van der Waals surface area contributed by atoms with Gasteiger partial charge in [-0.1, -0.05) is 30.3 Å². The summed E-state index contributed by atoms with van der Waals surface area (Å²) in [4.78, 5) is 31.7. The van der Waals surface area contributed by atoms with Gasteiger partial charge in [-0.2, -0.15) is 0 Å². The predicted molar refractivity (Wildman–Crippen MR) is 88.7 cm³/mol. The zero-order valence-electron chi connectivity index (χ0n) is 13.1. The van der Waals surface area contributed by atoms with Gasteiger partial charge in [0.1, 0.15) is 5.82 Å². The van der Waals surface area contributed by atoms with Crippen LogP contribution in [0.4, 0.5) is 5.82 Å². The zero-order valence-corrected chi connectivity index (χ0v) is 13.1. The fourth-order valence-corrected chi connectivity index (χ4v) is 2.75. The van der Waals surface area contributed by atoms with Crippen LogP contribution in [0.15, 0.2) is 42.6 Å². The summed E-state index contributed by atoms with van der Waals surface area (Å²) >= 11 is 0. The molecule has 2 aromatic rings. The van der Waals surface area contributed by atoms with E-state index in [0.29, 0.717) is 24.2 Å². The summed E-state index contributed by atoms with van der Waals surface area (Å²) in [6.45, 7) is 4.86. The van der Waals surface area contributed by atoms with Crippen molar-refractivity contribution in [2.45, 2.75) is 6.92 Å². The van der Waals surface area contributed by atoms with E-state index in [0.717, 1.165) is 30.9 Å². The van der Waals surface area contributed by atoms with Gasteiger partial charge in [0.05, 0.1) is 0 Å². The Bertz CT molecular complexity index is 707. The Morgan fingerprint density at radius 3 is 2.43 bits per heavy atom. The first kappa shape index (κ1) is 15.2. The van der Waals surface area contributed by atoms with Gasteiger partial charge in [-0.15, -0.1) is 0 Å². The summed E-state index contributed by atoms with van der Waals surface area (Å²) in [5.74, 6) is 0.852. The Morgan fingerprint density at radius 1 is 1.13 bits per heavy atom. The van der Waals surface area contributed by atoms with Gasteiger partial charge < -0.3 is 9.80 Å². The Hall–Kier alpha value is -2.69. The number of rotatable bonds is 4. The number of hydrogen-bond acceptors (Lipinski definition) is 4. The van der Waals surface area contributed by atoms with Crippen LogP contribution in [0.25, 0.3) is 0 Å². The van der Waals surface area contributed by atoms with Gasteiger partial charge >= 0.3 is 0 Å². The fourth-order valence-electron chi connectivity index (χ4n) is 2.75. The maximum atomic E-state index is 12.5. The van der Waals surface area contributed by atoms with Crippen LogP contribution in [0, 0.1) is 6.92 Å². The summed E-state index contributed by atoms with van der Waals surface area (Å²) in [6.07, 6.45) is 2.55. The van der Waals surface area contributed by atoms with Gasteiger partial charge in [0.2, 0.25) is 6.41 Å². The number of aromatic nitrogens is 1. The Morgan fingerprint density at radius 2 is 1.83 bits per heavy atom. The van der Waals surface area contributed by atoms with Crippen LogP contribution in [0.3, 0.4) is 0 Å². The van der Waals surface area contributed by atoms with E-state index in [9.17, 15) is 9.59 Å². The van der Waals surface area contributed by atoms with Crippen molar-refractivity contribution in [1.29, 1.82) is 0 Å². The van der Waals surface area contributed by atoms with Crippen molar-refractivity contribution in [1.82, 2.24) is 9.88 Å². The molecule has 0 saturated carbocycles. The lowest BCUT2D eigenvalue weighted by Crippen LogP contribution is -2.46. The van der Waals surface area contributed by atoms with E-state index in [1.165, 1.54) is 0 Å². The van der Waals surface area contributed by atoms with Crippen molar-refractivity contribution >= 4 is 18.0 Å². The first-order valence-corrected chi connectivity index (χ1v) is 7.70. The second-order valence-corrected chi connectivity index (χ2v) is 5.68. The van der Waals surface area contributed by atoms with Crippen LogP contribution in [0.2, 0.25) is 0 Å². The number of amides is 1. The molecule has 1 amide bonds. The lowest BCUT2D eigenvalue weighted by atomic mass is 10.0. The molecule has 0 radical (unpaired) electrons. The fraction of sp³-hybridized carbons (Fsp3) is 0.278. The number of pyridine rings is 1. The molecule has 5 nitrogen and oxygen atoms in total. The molecule has 0 aliphatic carbocycles. The van der Waals surface area contributed by atoms with Crippen molar-refractivity contribution in [3.8, 4) is 0 Å². The standard InChI is InChI=1S/C18H19N3O2/c1-14-11-17(21-9-7-20(13-22)8-10-21)19-12-16(14)18(23)15-5-3-2-4-6-15/h2-6,11-13H,7-10H2,1H3. The molecule has 0 bridgehead atoms. The molecule has 23 heavy (non-hydrogen) atoms. The maximum absolute atomic E-state index is 12.5. The van der Waals surface area contributed by atoms with Crippen LogP contribution in [0.5, 0.6) is 0 Å². The lowest BCUT2D eigenvalue weighted by molar-refractivity contribution is -0.118. The van der Waals surface area contributed by atoms with Gasteiger partial charge in [-0.25, -0.2) is 4.98 Å². The zero-order chi connectivity index (χ0) is 16.2. The minimum Gasteiger partial charge on any atom is -0.353 e. The summed E-state index contributed by atoms with van der Waals surface area (Å²) in [5.41, 5.74) is 2.22. The second kappa shape index (κ2) is 6.60. The molecule has 1 saturated heterocycles. The average Bonchev–Trinajstić information content (AvgIpc) is 2.62. The number of nitrogens with zero attached hydrogens (tertiary/aromatic N) is 3. The average molecular weight is 309 g/mol. The van der Waals surface area contributed by atoms with E-state index in [4.69, 9.17) is 0 Å². The number of ketones is 1. The van der Waals surface area contributed by atoms with Crippen LogP contribution < -0.4 is 4.90 Å². The van der Waals surface area contributed by atoms with Crippen molar-refractivity contribution < 1.29 is 9.59 Å². The number of anilines is 1. The number of benzene rings is 1. The quantitative estimate of drug-likeness (QED) is 0.639. The molecular weight excluding hydrogens is 290 g/mol. The number of hydrogen-bond donors (Lipinski definition) is 0. The highest BCUT2D eigenvalue weighted by atomic mass is 16.1. The van der Waals surface area contributed by atoms with Crippen LogP contribution in [0.1, 0.15) is 21.5 Å². The molecule has 1 aromatic carbocycles. The monoisotopic (exact) mass is 309 g/mol. The number of carbonyl (C=O) groups is 2.